The number of fused-ring (bicyclic) bond motifs is 1. The quantitative estimate of drug-likeness (QED) is 0.206. The van der Waals surface area contributed by atoms with Crippen LogP contribution in [-0.2, 0) is 10.3 Å². The molecule has 0 unspecified atom stereocenters. The molecule has 2 aromatic carbocycles. The molecule has 3 aromatic rings. The average molecular weight is 546 g/mol. The van der Waals surface area contributed by atoms with Gasteiger partial charge in [-0.2, -0.15) is 0 Å². The molecule has 0 bridgehead atoms. The van der Waals surface area contributed by atoms with E-state index in [0.29, 0.717) is 22.8 Å². The molecular formula is C33H43N3O4. The maximum Gasteiger partial charge on any atom is 0.358 e. The SMILES string of the molecule is CCCN(CCC)c1ccc(C2(c3ccc(N(CCC)CCC)cc3OC)OC(=O)c3ncccc32)c(OC)c1. The Labute approximate surface area is 239 Å². The molecule has 0 saturated carbocycles. The van der Waals surface area contributed by atoms with Crippen LogP contribution >= 0.6 is 0 Å². The topological polar surface area (TPSA) is 64.1 Å². The van der Waals surface area contributed by atoms with Gasteiger partial charge in [-0.05, 0) is 56.0 Å². The summed E-state index contributed by atoms with van der Waals surface area (Å²) in [4.78, 5) is 22.5. The monoisotopic (exact) mass is 545 g/mol. The number of methoxy groups -OCH3 is 2. The molecule has 0 N–H and O–H groups in total. The lowest BCUT2D eigenvalue weighted by atomic mass is 9.79. The third kappa shape index (κ3) is 5.34. The van der Waals surface area contributed by atoms with E-state index in [2.05, 4.69) is 66.7 Å². The number of aromatic nitrogens is 1. The predicted molar refractivity (Wildman–Crippen MR) is 161 cm³/mol. The van der Waals surface area contributed by atoms with E-state index in [0.717, 1.165) is 74.4 Å². The van der Waals surface area contributed by atoms with E-state index < -0.39 is 11.6 Å². The molecule has 1 aromatic heterocycles. The predicted octanol–water partition coefficient (Wildman–Crippen LogP) is 6.81. The minimum absolute atomic E-state index is 0.303. The Morgan fingerprint density at radius 1 is 0.725 bits per heavy atom. The summed E-state index contributed by atoms with van der Waals surface area (Å²) in [5, 5.41) is 0. The fraction of sp³-hybridized carbons (Fsp3) is 0.455. The Kier molecular flexibility index (Phi) is 9.56. The summed E-state index contributed by atoms with van der Waals surface area (Å²) < 4.78 is 18.4. The van der Waals surface area contributed by atoms with Crippen molar-refractivity contribution in [1.29, 1.82) is 0 Å². The van der Waals surface area contributed by atoms with Gasteiger partial charge in [0.25, 0.3) is 0 Å². The number of nitrogens with zero attached hydrogens (tertiary/aromatic N) is 3. The lowest BCUT2D eigenvalue weighted by molar-refractivity contribution is 0.0236. The maximum absolute atomic E-state index is 13.3. The molecule has 4 rings (SSSR count). The second-order valence-electron chi connectivity index (χ2n) is 10.2. The second kappa shape index (κ2) is 13.1. The molecule has 7 heteroatoms. The van der Waals surface area contributed by atoms with Gasteiger partial charge in [0.05, 0.1) is 14.2 Å². The molecule has 2 heterocycles. The molecule has 0 spiro atoms. The highest BCUT2D eigenvalue weighted by molar-refractivity contribution is 5.95. The molecule has 214 valence electrons. The van der Waals surface area contributed by atoms with Crippen molar-refractivity contribution in [1.82, 2.24) is 4.98 Å². The van der Waals surface area contributed by atoms with E-state index in [-0.39, 0.29) is 0 Å². The van der Waals surface area contributed by atoms with Crippen LogP contribution in [-0.4, -0.2) is 51.4 Å². The van der Waals surface area contributed by atoms with Crippen molar-refractivity contribution in [3.8, 4) is 11.5 Å². The molecule has 40 heavy (non-hydrogen) atoms. The zero-order valence-electron chi connectivity index (χ0n) is 24.8. The number of anilines is 2. The Hall–Kier alpha value is -3.74. The highest BCUT2D eigenvalue weighted by atomic mass is 16.6. The number of cyclic esters (lactones) is 1. The smallest absolute Gasteiger partial charge is 0.358 e. The van der Waals surface area contributed by atoms with E-state index >= 15 is 0 Å². The second-order valence-corrected chi connectivity index (χ2v) is 10.2. The van der Waals surface area contributed by atoms with Gasteiger partial charge in [-0.3, -0.25) is 0 Å². The van der Waals surface area contributed by atoms with E-state index in [1.165, 1.54) is 0 Å². The molecule has 0 amide bonds. The van der Waals surface area contributed by atoms with Crippen molar-refractivity contribution in [3.63, 3.8) is 0 Å². The van der Waals surface area contributed by atoms with Gasteiger partial charge >= 0.3 is 5.97 Å². The van der Waals surface area contributed by atoms with Crippen molar-refractivity contribution >= 4 is 17.3 Å². The number of hydrogen-bond donors (Lipinski definition) is 0. The molecule has 0 radical (unpaired) electrons. The van der Waals surface area contributed by atoms with Gasteiger partial charge in [-0.15, -0.1) is 0 Å². The highest BCUT2D eigenvalue weighted by Gasteiger charge is 2.52. The van der Waals surface area contributed by atoms with E-state index in [1.807, 2.05) is 24.3 Å². The van der Waals surface area contributed by atoms with Gasteiger partial charge in [0.15, 0.2) is 11.3 Å². The normalized spacial score (nSPS) is 13.5. The first-order valence-electron chi connectivity index (χ1n) is 14.5. The molecule has 1 aliphatic heterocycles. The number of carbonyl (C=O) groups is 1. The van der Waals surface area contributed by atoms with Crippen LogP contribution in [0, 0.1) is 0 Å². The molecular weight excluding hydrogens is 502 g/mol. The van der Waals surface area contributed by atoms with Crippen molar-refractivity contribution in [3.05, 3.63) is 77.1 Å². The summed E-state index contributed by atoms with van der Waals surface area (Å²) in [6.45, 7) is 12.5. The fourth-order valence-corrected chi connectivity index (χ4v) is 5.79. The van der Waals surface area contributed by atoms with Crippen LogP contribution in [0.1, 0.15) is 80.6 Å². The van der Waals surface area contributed by atoms with Gasteiger partial charge in [-0.1, -0.05) is 33.8 Å². The number of rotatable bonds is 14. The van der Waals surface area contributed by atoms with Gasteiger partial charge in [0.2, 0.25) is 0 Å². The largest absolute Gasteiger partial charge is 0.496 e. The molecule has 0 aliphatic carbocycles. The Bertz CT molecular complexity index is 1230. The number of benzene rings is 2. The van der Waals surface area contributed by atoms with Gasteiger partial charge in [-0.25, -0.2) is 9.78 Å². The molecule has 0 fully saturated rings. The zero-order valence-corrected chi connectivity index (χ0v) is 24.8. The van der Waals surface area contributed by atoms with Crippen LogP contribution in [0.2, 0.25) is 0 Å². The van der Waals surface area contributed by atoms with Crippen LogP contribution in [0.25, 0.3) is 0 Å². The summed E-state index contributed by atoms with van der Waals surface area (Å²) in [5.74, 6) is 0.818. The Morgan fingerprint density at radius 2 is 1.20 bits per heavy atom. The van der Waals surface area contributed by atoms with E-state index in [1.54, 1.807) is 20.4 Å². The zero-order chi connectivity index (χ0) is 28.7. The summed E-state index contributed by atoms with van der Waals surface area (Å²) in [6, 6.07) is 16.1. The third-order valence-electron chi connectivity index (χ3n) is 7.46. The van der Waals surface area contributed by atoms with Gasteiger partial charge in [0, 0.05) is 72.6 Å². The Morgan fingerprint density at radius 3 is 1.62 bits per heavy atom. The number of ether oxygens (including phenoxy) is 3. The Balaban J connectivity index is 1.96. The standard InChI is InChI=1S/C33H43N3O4/c1-7-18-35(19-8-2)24-13-15-26(29(22-24)38-5)33(28-12-11-17-34-31(28)32(37)40-33)27-16-14-25(23-30(27)39-6)36(20-9-3)21-10-4/h11-17,22-23H,7-10,18-21H2,1-6H3. The number of carbonyl (C=O) groups excluding carboxylic acids is 1. The first-order valence-corrected chi connectivity index (χ1v) is 14.5. The first-order chi connectivity index (χ1) is 19.5. The summed E-state index contributed by atoms with van der Waals surface area (Å²) in [6.07, 6.45) is 5.79. The average Bonchev–Trinajstić information content (AvgIpc) is 3.29. The molecule has 1 aliphatic rings. The molecule has 7 nitrogen and oxygen atoms in total. The van der Waals surface area contributed by atoms with E-state index in [4.69, 9.17) is 14.2 Å². The van der Waals surface area contributed by atoms with Crippen LogP contribution in [0.4, 0.5) is 11.4 Å². The van der Waals surface area contributed by atoms with Crippen LogP contribution in [0.3, 0.4) is 0 Å². The lowest BCUT2D eigenvalue weighted by Crippen LogP contribution is -2.32. The van der Waals surface area contributed by atoms with E-state index in [9.17, 15) is 4.79 Å². The molecule has 0 saturated heterocycles. The maximum atomic E-state index is 13.3. The van der Waals surface area contributed by atoms with Crippen molar-refractivity contribution in [2.24, 2.45) is 0 Å². The van der Waals surface area contributed by atoms with Crippen molar-refractivity contribution < 1.29 is 19.0 Å². The van der Waals surface area contributed by atoms with Crippen molar-refractivity contribution in [2.45, 2.75) is 59.0 Å². The number of pyridine rings is 1. The minimum atomic E-state index is -1.28. The minimum Gasteiger partial charge on any atom is -0.496 e. The summed E-state index contributed by atoms with van der Waals surface area (Å²) in [5.41, 5.74) is 3.31. The number of esters is 1. The van der Waals surface area contributed by atoms with Gasteiger partial charge < -0.3 is 24.0 Å². The van der Waals surface area contributed by atoms with Crippen LogP contribution in [0.5, 0.6) is 11.5 Å². The highest BCUT2D eigenvalue weighted by Crippen LogP contribution is 2.52. The third-order valence-corrected chi connectivity index (χ3v) is 7.46. The summed E-state index contributed by atoms with van der Waals surface area (Å²) in [7, 11) is 3.32. The number of hydrogen-bond acceptors (Lipinski definition) is 7. The summed E-state index contributed by atoms with van der Waals surface area (Å²) >= 11 is 0. The van der Waals surface area contributed by atoms with Crippen LogP contribution < -0.4 is 19.3 Å². The lowest BCUT2D eigenvalue weighted by Gasteiger charge is -2.34. The fourth-order valence-electron chi connectivity index (χ4n) is 5.79. The molecule has 0 atom stereocenters. The van der Waals surface area contributed by atoms with Crippen LogP contribution in [0.15, 0.2) is 54.7 Å². The van der Waals surface area contributed by atoms with Gasteiger partial charge in [0.1, 0.15) is 11.5 Å². The van der Waals surface area contributed by atoms with Crippen molar-refractivity contribution in [2.75, 3.05) is 50.2 Å². The first kappa shape index (κ1) is 29.2.